The molecule has 0 spiro atoms. The van der Waals surface area contributed by atoms with Crippen LogP contribution in [0.4, 0.5) is 0 Å². The summed E-state index contributed by atoms with van der Waals surface area (Å²) in [5, 5.41) is 1.79. The van der Waals surface area contributed by atoms with E-state index in [4.69, 9.17) is 39.5 Å². The number of halogens is 3. The van der Waals surface area contributed by atoms with E-state index in [9.17, 15) is 0 Å². The summed E-state index contributed by atoms with van der Waals surface area (Å²) in [4.78, 5) is 8.51. The summed E-state index contributed by atoms with van der Waals surface area (Å²) in [5.74, 6) is 1.36. The molecule has 0 unspecified atom stereocenters. The summed E-state index contributed by atoms with van der Waals surface area (Å²) in [6.45, 7) is 2.04. The molecule has 0 aliphatic rings. The largest absolute Gasteiger partial charge is 0.457 e. The molecule has 1 heterocycles. The first kappa shape index (κ1) is 19.9. The lowest BCUT2D eigenvalue weighted by molar-refractivity contribution is 0.482. The van der Waals surface area contributed by atoms with Crippen LogP contribution < -0.4 is 4.74 Å². The number of aryl methyl sites for hydroxylation is 3. The summed E-state index contributed by atoms with van der Waals surface area (Å²) < 4.78 is 5.81. The SMILES string of the molecule is CCc1ncnc(CCCc2ccc(Oc3cc(Cl)cc(Cl)c3)cc2)c1Cl. The number of aromatic nitrogens is 2. The monoisotopic (exact) mass is 420 g/mol. The average Bonchev–Trinajstić information content (AvgIpc) is 2.64. The van der Waals surface area contributed by atoms with Crippen molar-refractivity contribution in [1.29, 1.82) is 0 Å². The van der Waals surface area contributed by atoms with Gasteiger partial charge >= 0.3 is 0 Å². The first-order valence-corrected chi connectivity index (χ1v) is 9.89. The van der Waals surface area contributed by atoms with Gasteiger partial charge in [-0.05, 0) is 61.6 Å². The van der Waals surface area contributed by atoms with Crippen LogP contribution in [-0.4, -0.2) is 9.97 Å². The van der Waals surface area contributed by atoms with Crippen LogP contribution in [0.2, 0.25) is 15.1 Å². The molecule has 27 heavy (non-hydrogen) atoms. The minimum absolute atomic E-state index is 0.545. The molecule has 3 nitrogen and oxygen atoms in total. The Morgan fingerprint density at radius 3 is 2.15 bits per heavy atom. The lowest BCUT2D eigenvalue weighted by atomic mass is 10.1. The van der Waals surface area contributed by atoms with Crippen molar-refractivity contribution in [2.24, 2.45) is 0 Å². The molecule has 0 saturated carbocycles. The van der Waals surface area contributed by atoms with Crippen LogP contribution in [0.15, 0.2) is 48.8 Å². The Morgan fingerprint density at radius 1 is 0.815 bits per heavy atom. The van der Waals surface area contributed by atoms with E-state index in [0.717, 1.165) is 42.8 Å². The highest BCUT2D eigenvalue weighted by Crippen LogP contribution is 2.28. The number of benzene rings is 2. The van der Waals surface area contributed by atoms with Gasteiger partial charge in [-0.25, -0.2) is 9.97 Å². The van der Waals surface area contributed by atoms with Crippen molar-refractivity contribution >= 4 is 34.8 Å². The van der Waals surface area contributed by atoms with Crippen LogP contribution in [0.5, 0.6) is 11.5 Å². The minimum atomic E-state index is 0.545. The number of hydrogen-bond acceptors (Lipinski definition) is 3. The second-order valence-electron chi connectivity index (χ2n) is 6.14. The zero-order valence-electron chi connectivity index (χ0n) is 14.9. The van der Waals surface area contributed by atoms with E-state index in [1.54, 1.807) is 24.5 Å². The maximum atomic E-state index is 6.35. The first-order chi connectivity index (χ1) is 13.0. The Morgan fingerprint density at radius 2 is 1.48 bits per heavy atom. The summed E-state index contributed by atoms with van der Waals surface area (Å²) in [6, 6.07) is 13.1. The van der Waals surface area contributed by atoms with Crippen molar-refractivity contribution in [3.05, 3.63) is 80.8 Å². The van der Waals surface area contributed by atoms with E-state index >= 15 is 0 Å². The van der Waals surface area contributed by atoms with E-state index in [1.807, 2.05) is 19.1 Å². The van der Waals surface area contributed by atoms with Gasteiger partial charge < -0.3 is 4.74 Å². The topological polar surface area (TPSA) is 35.0 Å². The van der Waals surface area contributed by atoms with Crippen molar-refractivity contribution in [3.8, 4) is 11.5 Å². The molecule has 0 aliphatic heterocycles. The number of hydrogen-bond donors (Lipinski definition) is 0. The van der Waals surface area contributed by atoms with Gasteiger partial charge in [-0.1, -0.05) is 53.9 Å². The predicted molar refractivity (Wildman–Crippen MR) is 111 cm³/mol. The first-order valence-electron chi connectivity index (χ1n) is 8.76. The average molecular weight is 422 g/mol. The third kappa shape index (κ3) is 5.58. The highest BCUT2D eigenvalue weighted by Gasteiger charge is 2.08. The van der Waals surface area contributed by atoms with Gasteiger partial charge in [0.1, 0.15) is 17.8 Å². The molecular weight excluding hydrogens is 403 g/mol. The molecule has 0 atom stereocenters. The van der Waals surface area contributed by atoms with Crippen molar-refractivity contribution in [1.82, 2.24) is 9.97 Å². The summed E-state index contributed by atoms with van der Waals surface area (Å²) in [5.41, 5.74) is 3.05. The third-order valence-electron chi connectivity index (χ3n) is 4.14. The third-order valence-corrected chi connectivity index (χ3v) is 5.02. The van der Waals surface area contributed by atoms with Gasteiger partial charge in [0.2, 0.25) is 0 Å². The Balaban J connectivity index is 1.56. The van der Waals surface area contributed by atoms with E-state index in [2.05, 4.69) is 22.1 Å². The van der Waals surface area contributed by atoms with Crippen molar-refractivity contribution in [2.45, 2.75) is 32.6 Å². The summed E-state index contributed by atoms with van der Waals surface area (Å²) in [7, 11) is 0. The van der Waals surface area contributed by atoms with E-state index < -0.39 is 0 Å². The van der Waals surface area contributed by atoms with Crippen LogP contribution >= 0.6 is 34.8 Å². The normalized spacial score (nSPS) is 10.8. The molecule has 2 aromatic carbocycles. The van der Waals surface area contributed by atoms with Crippen molar-refractivity contribution in [2.75, 3.05) is 0 Å². The van der Waals surface area contributed by atoms with Crippen LogP contribution in [-0.2, 0) is 19.3 Å². The van der Waals surface area contributed by atoms with Gasteiger partial charge in [0.25, 0.3) is 0 Å². The standard InChI is InChI=1S/C21H19Cl3N2O/c1-2-19-21(24)20(26-13-25-19)5-3-4-14-6-8-17(9-7-14)27-18-11-15(22)10-16(23)12-18/h6-13H,2-5H2,1H3. The maximum Gasteiger partial charge on any atom is 0.130 e. The highest BCUT2D eigenvalue weighted by molar-refractivity contribution is 6.34. The molecule has 0 saturated heterocycles. The summed E-state index contributed by atoms with van der Waals surface area (Å²) in [6.07, 6.45) is 5.13. The Labute approximate surface area is 174 Å². The van der Waals surface area contributed by atoms with Crippen LogP contribution in [0.1, 0.15) is 30.3 Å². The molecule has 0 N–H and O–H groups in total. The van der Waals surface area contributed by atoms with Crippen molar-refractivity contribution < 1.29 is 4.74 Å². The number of ether oxygens (including phenoxy) is 1. The van der Waals surface area contributed by atoms with Crippen molar-refractivity contribution in [3.63, 3.8) is 0 Å². The van der Waals surface area contributed by atoms with E-state index in [-0.39, 0.29) is 0 Å². The second-order valence-corrected chi connectivity index (χ2v) is 7.39. The smallest absolute Gasteiger partial charge is 0.130 e. The van der Waals surface area contributed by atoms with Crippen LogP contribution in [0, 0.1) is 0 Å². The van der Waals surface area contributed by atoms with Gasteiger partial charge in [-0.3, -0.25) is 0 Å². The number of rotatable bonds is 7. The molecule has 0 bridgehead atoms. The fourth-order valence-electron chi connectivity index (χ4n) is 2.78. The predicted octanol–water partition coefficient (Wildman–Crippen LogP) is 6.97. The Hall–Kier alpha value is -1.81. The van der Waals surface area contributed by atoms with Gasteiger partial charge in [0, 0.05) is 10.0 Å². The Bertz CT molecular complexity index is 894. The lowest BCUT2D eigenvalue weighted by Gasteiger charge is -2.09. The van der Waals surface area contributed by atoms with Gasteiger partial charge in [-0.2, -0.15) is 0 Å². The molecule has 6 heteroatoms. The quantitative estimate of drug-likeness (QED) is 0.413. The molecule has 0 radical (unpaired) electrons. The zero-order valence-corrected chi connectivity index (χ0v) is 17.2. The molecule has 140 valence electrons. The molecule has 0 aliphatic carbocycles. The molecule has 0 fully saturated rings. The van der Waals surface area contributed by atoms with Gasteiger partial charge in [0.15, 0.2) is 0 Å². The Kier molecular flexibility index (Phi) is 6.95. The van der Waals surface area contributed by atoms with E-state index in [0.29, 0.717) is 20.8 Å². The van der Waals surface area contributed by atoms with E-state index in [1.165, 1.54) is 5.56 Å². The van der Waals surface area contributed by atoms with Crippen LogP contribution in [0.3, 0.4) is 0 Å². The molecule has 0 amide bonds. The fourth-order valence-corrected chi connectivity index (χ4v) is 3.61. The zero-order chi connectivity index (χ0) is 19.2. The summed E-state index contributed by atoms with van der Waals surface area (Å²) >= 11 is 18.3. The van der Waals surface area contributed by atoms with Gasteiger partial charge in [0.05, 0.1) is 16.4 Å². The molecule has 3 rings (SSSR count). The molecule has 3 aromatic rings. The van der Waals surface area contributed by atoms with Gasteiger partial charge in [-0.15, -0.1) is 0 Å². The number of nitrogens with zero attached hydrogens (tertiary/aromatic N) is 2. The lowest BCUT2D eigenvalue weighted by Crippen LogP contribution is -1.99. The molecule has 1 aromatic heterocycles. The second kappa shape index (κ2) is 9.41. The highest BCUT2D eigenvalue weighted by atomic mass is 35.5. The fraction of sp³-hybridized carbons (Fsp3) is 0.238. The minimum Gasteiger partial charge on any atom is -0.457 e. The molecular formula is C21H19Cl3N2O. The maximum absolute atomic E-state index is 6.35. The van der Waals surface area contributed by atoms with Crippen LogP contribution in [0.25, 0.3) is 0 Å².